The normalized spacial score (nSPS) is 36.5. The largest absolute Gasteiger partial charge is 0.353 e. The van der Waals surface area contributed by atoms with Crippen molar-refractivity contribution >= 4 is 5.91 Å². The average molecular weight is 210 g/mol. The number of carbonyl (C=O) groups excluding carboxylic acids is 1. The Bertz CT molecular complexity index is 224. The second kappa shape index (κ2) is 4.97. The van der Waals surface area contributed by atoms with Crippen LogP contribution in [0.3, 0.4) is 0 Å². The van der Waals surface area contributed by atoms with Gasteiger partial charge >= 0.3 is 0 Å². The van der Waals surface area contributed by atoms with E-state index in [0.29, 0.717) is 6.04 Å². The van der Waals surface area contributed by atoms with Crippen molar-refractivity contribution in [2.75, 3.05) is 13.1 Å². The first-order valence-electron chi connectivity index (χ1n) is 6.27. The number of rotatable bonds is 2. The van der Waals surface area contributed by atoms with E-state index in [0.717, 1.165) is 31.8 Å². The summed E-state index contributed by atoms with van der Waals surface area (Å²) in [4.78, 5) is 11.9. The maximum absolute atomic E-state index is 11.9. The summed E-state index contributed by atoms with van der Waals surface area (Å²) in [7, 11) is 0. The molecule has 1 aliphatic heterocycles. The van der Waals surface area contributed by atoms with Gasteiger partial charge in [-0.15, -0.1) is 0 Å². The van der Waals surface area contributed by atoms with Crippen LogP contribution in [0.15, 0.2) is 0 Å². The van der Waals surface area contributed by atoms with Crippen molar-refractivity contribution in [2.24, 2.45) is 11.8 Å². The Labute approximate surface area is 92.0 Å². The van der Waals surface area contributed by atoms with E-state index in [1.54, 1.807) is 0 Å². The first kappa shape index (κ1) is 10.9. The molecule has 3 heteroatoms. The molecular weight excluding hydrogens is 188 g/mol. The van der Waals surface area contributed by atoms with Gasteiger partial charge in [-0.2, -0.15) is 0 Å². The van der Waals surface area contributed by atoms with Crippen molar-refractivity contribution < 1.29 is 4.79 Å². The molecule has 0 radical (unpaired) electrons. The van der Waals surface area contributed by atoms with Gasteiger partial charge in [-0.3, -0.25) is 4.79 Å². The molecule has 2 fully saturated rings. The van der Waals surface area contributed by atoms with Gasteiger partial charge < -0.3 is 10.6 Å². The van der Waals surface area contributed by atoms with E-state index in [1.807, 2.05) is 0 Å². The van der Waals surface area contributed by atoms with Gasteiger partial charge in [0.1, 0.15) is 0 Å². The van der Waals surface area contributed by atoms with Gasteiger partial charge in [0.15, 0.2) is 0 Å². The van der Waals surface area contributed by atoms with Crippen LogP contribution < -0.4 is 10.6 Å². The fourth-order valence-electron chi connectivity index (χ4n) is 2.73. The zero-order valence-corrected chi connectivity index (χ0v) is 9.59. The minimum Gasteiger partial charge on any atom is -0.353 e. The molecule has 1 saturated heterocycles. The lowest BCUT2D eigenvalue weighted by atomic mass is 9.98. The van der Waals surface area contributed by atoms with Crippen LogP contribution in [0.1, 0.15) is 39.0 Å². The summed E-state index contributed by atoms with van der Waals surface area (Å²) in [6.45, 7) is 4.21. The molecule has 1 heterocycles. The predicted molar refractivity (Wildman–Crippen MR) is 60.5 cm³/mol. The van der Waals surface area contributed by atoms with Crippen molar-refractivity contribution in [3.63, 3.8) is 0 Å². The molecule has 1 amide bonds. The highest BCUT2D eigenvalue weighted by atomic mass is 16.2. The SMILES string of the molecule is CC1CCC(NC(=O)[C@H]2CCCNC2)C1. The highest BCUT2D eigenvalue weighted by molar-refractivity contribution is 5.79. The first-order valence-corrected chi connectivity index (χ1v) is 6.27. The van der Waals surface area contributed by atoms with E-state index >= 15 is 0 Å². The van der Waals surface area contributed by atoms with Crippen LogP contribution in [-0.2, 0) is 4.79 Å². The van der Waals surface area contributed by atoms with Crippen LogP contribution in [0, 0.1) is 11.8 Å². The molecule has 2 unspecified atom stereocenters. The van der Waals surface area contributed by atoms with Crippen molar-refractivity contribution in [2.45, 2.75) is 45.1 Å². The van der Waals surface area contributed by atoms with Crippen molar-refractivity contribution in [1.82, 2.24) is 10.6 Å². The van der Waals surface area contributed by atoms with E-state index in [-0.39, 0.29) is 11.8 Å². The molecule has 1 aliphatic carbocycles. The maximum atomic E-state index is 11.9. The Morgan fingerprint density at radius 1 is 1.33 bits per heavy atom. The second-order valence-corrected chi connectivity index (χ2v) is 5.17. The van der Waals surface area contributed by atoms with Crippen molar-refractivity contribution in [3.05, 3.63) is 0 Å². The fraction of sp³-hybridized carbons (Fsp3) is 0.917. The Morgan fingerprint density at radius 2 is 2.20 bits per heavy atom. The monoisotopic (exact) mass is 210 g/mol. The van der Waals surface area contributed by atoms with Crippen LogP contribution in [0.4, 0.5) is 0 Å². The summed E-state index contributed by atoms with van der Waals surface area (Å²) in [5, 5.41) is 6.49. The standard InChI is InChI=1S/C12H22N2O/c1-9-4-5-11(7-9)14-12(15)10-3-2-6-13-8-10/h9-11,13H,2-8H2,1H3,(H,14,15)/t9?,10-,11?/m0/s1. The minimum atomic E-state index is 0.217. The molecule has 3 nitrogen and oxygen atoms in total. The Kier molecular flexibility index (Phi) is 3.62. The molecule has 0 spiro atoms. The van der Waals surface area contributed by atoms with E-state index in [9.17, 15) is 4.79 Å². The van der Waals surface area contributed by atoms with Crippen LogP contribution in [0.5, 0.6) is 0 Å². The Balaban J connectivity index is 1.76. The number of hydrogen-bond donors (Lipinski definition) is 2. The molecule has 2 aliphatic rings. The fourth-order valence-corrected chi connectivity index (χ4v) is 2.73. The number of nitrogens with one attached hydrogen (secondary N) is 2. The molecule has 2 N–H and O–H groups in total. The topological polar surface area (TPSA) is 41.1 Å². The molecule has 0 aromatic rings. The van der Waals surface area contributed by atoms with E-state index in [4.69, 9.17) is 0 Å². The van der Waals surface area contributed by atoms with E-state index < -0.39 is 0 Å². The molecule has 2 rings (SSSR count). The molecule has 3 atom stereocenters. The van der Waals surface area contributed by atoms with Gasteiger partial charge in [0.2, 0.25) is 5.91 Å². The lowest BCUT2D eigenvalue weighted by Crippen LogP contribution is -2.43. The van der Waals surface area contributed by atoms with Gasteiger partial charge in [0, 0.05) is 12.6 Å². The quantitative estimate of drug-likeness (QED) is 0.721. The number of carbonyl (C=O) groups is 1. The van der Waals surface area contributed by atoms with Gasteiger partial charge in [0.05, 0.1) is 5.92 Å². The zero-order valence-electron chi connectivity index (χ0n) is 9.59. The van der Waals surface area contributed by atoms with Crippen LogP contribution in [0.2, 0.25) is 0 Å². The number of amides is 1. The summed E-state index contributed by atoms with van der Waals surface area (Å²) in [6.07, 6.45) is 5.81. The molecule has 15 heavy (non-hydrogen) atoms. The highest BCUT2D eigenvalue weighted by Crippen LogP contribution is 2.25. The average Bonchev–Trinajstić information content (AvgIpc) is 2.65. The lowest BCUT2D eigenvalue weighted by molar-refractivity contribution is -0.126. The number of piperidine rings is 1. The summed E-state index contributed by atoms with van der Waals surface area (Å²) >= 11 is 0. The number of hydrogen-bond acceptors (Lipinski definition) is 2. The van der Waals surface area contributed by atoms with Gasteiger partial charge in [-0.05, 0) is 44.6 Å². The molecule has 1 saturated carbocycles. The third-order valence-corrected chi connectivity index (χ3v) is 3.71. The molecular formula is C12H22N2O. The third kappa shape index (κ3) is 2.94. The van der Waals surface area contributed by atoms with Gasteiger partial charge in [-0.1, -0.05) is 6.92 Å². The zero-order chi connectivity index (χ0) is 10.7. The van der Waals surface area contributed by atoms with Crippen molar-refractivity contribution in [3.8, 4) is 0 Å². The maximum Gasteiger partial charge on any atom is 0.224 e. The molecule has 0 aromatic heterocycles. The molecule has 0 bridgehead atoms. The van der Waals surface area contributed by atoms with E-state index in [1.165, 1.54) is 19.3 Å². The smallest absolute Gasteiger partial charge is 0.224 e. The van der Waals surface area contributed by atoms with Crippen molar-refractivity contribution in [1.29, 1.82) is 0 Å². The third-order valence-electron chi connectivity index (χ3n) is 3.71. The lowest BCUT2D eigenvalue weighted by Gasteiger charge is -2.23. The first-order chi connectivity index (χ1) is 7.25. The Morgan fingerprint density at radius 3 is 2.80 bits per heavy atom. The minimum absolute atomic E-state index is 0.217. The molecule has 86 valence electrons. The summed E-state index contributed by atoms with van der Waals surface area (Å²) in [6, 6.07) is 0.453. The summed E-state index contributed by atoms with van der Waals surface area (Å²) < 4.78 is 0. The Hall–Kier alpha value is -0.570. The van der Waals surface area contributed by atoms with Gasteiger partial charge in [0.25, 0.3) is 0 Å². The van der Waals surface area contributed by atoms with Crippen LogP contribution >= 0.6 is 0 Å². The van der Waals surface area contributed by atoms with Gasteiger partial charge in [-0.25, -0.2) is 0 Å². The van der Waals surface area contributed by atoms with Crippen LogP contribution in [0.25, 0.3) is 0 Å². The van der Waals surface area contributed by atoms with Crippen LogP contribution in [-0.4, -0.2) is 25.0 Å². The molecule has 0 aromatic carbocycles. The summed E-state index contributed by atoms with van der Waals surface area (Å²) in [5.74, 6) is 1.29. The predicted octanol–water partition coefficient (Wildman–Crippen LogP) is 1.29. The summed E-state index contributed by atoms with van der Waals surface area (Å²) in [5.41, 5.74) is 0. The highest BCUT2D eigenvalue weighted by Gasteiger charge is 2.26. The second-order valence-electron chi connectivity index (χ2n) is 5.17. The van der Waals surface area contributed by atoms with E-state index in [2.05, 4.69) is 17.6 Å².